The minimum absolute atomic E-state index is 0.232. The molecule has 0 spiro atoms. The SMILES string of the molecule is COC(=O)C1(Nc2ccccc2)CCN(CC(O)c2ccccc2)CC1. The van der Waals surface area contributed by atoms with Gasteiger partial charge in [-0.2, -0.15) is 0 Å². The molecule has 1 aliphatic heterocycles. The Kier molecular flexibility index (Phi) is 5.91. The summed E-state index contributed by atoms with van der Waals surface area (Å²) < 4.78 is 5.08. The van der Waals surface area contributed by atoms with Crippen molar-refractivity contribution in [1.82, 2.24) is 4.90 Å². The molecular formula is C21H26N2O3. The van der Waals surface area contributed by atoms with E-state index in [9.17, 15) is 9.90 Å². The van der Waals surface area contributed by atoms with Crippen molar-refractivity contribution in [3.05, 3.63) is 66.2 Å². The van der Waals surface area contributed by atoms with Crippen LogP contribution in [0.4, 0.5) is 5.69 Å². The van der Waals surface area contributed by atoms with Gasteiger partial charge >= 0.3 is 5.97 Å². The van der Waals surface area contributed by atoms with Crippen LogP contribution in [0.25, 0.3) is 0 Å². The van der Waals surface area contributed by atoms with Crippen molar-refractivity contribution in [2.75, 3.05) is 32.1 Å². The molecule has 1 saturated heterocycles. The van der Waals surface area contributed by atoms with Gasteiger partial charge in [-0.05, 0) is 30.5 Å². The molecule has 0 aliphatic carbocycles. The fourth-order valence-corrected chi connectivity index (χ4v) is 3.52. The van der Waals surface area contributed by atoms with Crippen LogP contribution in [0.2, 0.25) is 0 Å². The molecule has 1 heterocycles. The molecule has 5 nitrogen and oxygen atoms in total. The molecule has 2 aromatic rings. The minimum Gasteiger partial charge on any atom is -0.467 e. The molecule has 26 heavy (non-hydrogen) atoms. The van der Waals surface area contributed by atoms with E-state index in [-0.39, 0.29) is 5.97 Å². The van der Waals surface area contributed by atoms with Crippen LogP contribution in [-0.2, 0) is 9.53 Å². The molecule has 1 atom stereocenters. The number of anilines is 1. The first-order chi connectivity index (χ1) is 12.6. The van der Waals surface area contributed by atoms with E-state index in [0.29, 0.717) is 19.4 Å². The van der Waals surface area contributed by atoms with Crippen molar-refractivity contribution in [3.63, 3.8) is 0 Å². The first-order valence-corrected chi connectivity index (χ1v) is 9.00. The van der Waals surface area contributed by atoms with Crippen LogP contribution in [0, 0.1) is 0 Å². The van der Waals surface area contributed by atoms with Crippen molar-refractivity contribution in [3.8, 4) is 0 Å². The predicted molar refractivity (Wildman–Crippen MR) is 102 cm³/mol. The summed E-state index contributed by atoms with van der Waals surface area (Å²) in [5, 5.41) is 13.8. The van der Waals surface area contributed by atoms with Gasteiger partial charge in [0.25, 0.3) is 0 Å². The second-order valence-corrected chi connectivity index (χ2v) is 6.79. The molecule has 2 N–H and O–H groups in total. The molecular weight excluding hydrogens is 328 g/mol. The van der Waals surface area contributed by atoms with Crippen molar-refractivity contribution in [2.24, 2.45) is 0 Å². The standard InChI is InChI=1S/C21H26N2O3/c1-26-20(25)21(22-18-10-6-3-7-11-18)12-14-23(15-13-21)16-19(24)17-8-4-2-5-9-17/h2-11,19,22,24H,12-16H2,1H3. The topological polar surface area (TPSA) is 61.8 Å². The van der Waals surface area contributed by atoms with Gasteiger partial charge in [0.2, 0.25) is 0 Å². The third-order valence-electron chi connectivity index (χ3n) is 5.06. The van der Waals surface area contributed by atoms with Crippen molar-refractivity contribution in [1.29, 1.82) is 0 Å². The van der Waals surface area contributed by atoms with E-state index in [0.717, 1.165) is 24.3 Å². The fourth-order valence-electron chi connectivity index (χ4n) is 3.52. The zero-order valence-corrected chi connectivity index (χ0v) is 15.1. The lowest BCUT2D eigenvalue weighted by atomic mass is 9.86. The van der Waals surface area contributed by atoms with Gasteiger partial charge in [-0.3, -0.25) is 0 Å². The summed E-state index contributed by atoms with van der Waals surface area (Å²) >= 11 is 0. The number of nitrogens with zero attached hydrogens (tertiary/aromatic N) is 1. The Morgan fingerprint density at radius 1 is 1.12 bits per heavy atom. The molecule has 1 unspecified atom stereocenters. The monoisotopic (exact) mass is 354 g/mol. The van der Waals surface area contributed by atoms with Gasteiger partial charge in [0, 0.05) is 25.3 Å². The average Bonchev–Trinajstić information content (AvgIpc) is 2.70. The van der Waals surface area contributed by atoms with E-state index in [2.05, 4.69) is 10.2 Å². The summed E-state index contributed by atoms with van der Waals surface area (Å²) in [7, 11) is 1.43. The number of β-amino-alcohol motifs (C(OH)–C–C–N with tert-alkyl or cyclic N) is 1. The van der Waals surface area contributed by atoms with Crippen molar-refractivity contribution >= 4 is 11.7 Å². The van der Waals surface area contributed by atoms with Crippen LogP contribution < -0.4 is 5.32 Å². The van der Waals surface area contributed by atoms with Crippen LogP contribution in [0.1, 0.15) is 24.5 Å². The minimum atomic E-state index is -0.718. The molecule has 1 aliphatic rings. The lowest BCUT2D eigenvalue weighted by molar-refractivity contribution is -0.147. The molecule has 3 rings (SSSR count). The molecule has 0 bridgehead atoms. The Bertz CT molecular complexity index is 698. The molecule has 1 fully saturated rings. The normalized spacial score (nSPS) is 18.1. The summed E-state index contributed by atoms with van der Waals surface area (Å²) in [5.41, 5.74) is 1.11. The number of carbonyl (C=O) groups excluding carboxylic acids is 1. The van der Waals surface area contributed by atoms with Crippen LogP contribution in [0.15, 0.2) is 60.7 Å². The number of ether oxygens (including phenoxy) is 1. The van der Waals surface area contributed by atoms with Gasteiger partial charge in [0.15, 0.2) is 0 Å². The number of rotatable bonds is 6. The summed E-state index contributed by atoms with van der Waals surface area (Å²) in [4.78, 5) is 14.7. The van der Waals surface area contributed by atoms with Crippen LogP contribution in [-0.4, -0.2) is 48.3 Å². The highest BCUT2D eigenvalue weighted by molar-refractivity contribution is 5.84. The number of aliphatic hydroxyl groups excluding tert-OH is 1. The second-order valence-electron chi connectivity index (χ2n) is 6.79. The number of carbonyl (C=O) groups is 1. The molecule has 0 saturated carbocycles. The van der Waals surface area contributed by atoms with E-state index in [1.807, 2.05) is 60.7 Å². The number of methoxy groups -OCH3 is 1. The summed E-state index contributed by atoms with van der Waals surface area (Å²) in [6.45, 7) is 2.00. The van der Waals surface area contributed by atoms with E-state index in [4.69, 9.17) is 4.74 Å². The highest BCUT2D eigenvalue weighted by Gasteiger charge is 2.42. The van der Waals surface area contributed by atoms with Crippen LogP contribution in [0.5, 0.6) is 0 Å². The Hall–Kier alpha value is -2.37. The van der Waals surface area contributed by atoms with E-state index in [1.54, 1.807) is 0 Å². The average molecular weight is 354 g/mol. The van der Waals surface area contributed by atoms with Crippen molar-refractivity contribution in [2.45, 2.75) is 24.5 Å². The molecule has 0 radical (unpaired) electrons. The Morgan fingerprint density at radius 3 is 2.27 bits per heavy atom. The number of esters is 1. The number of para-hydroxylation sites is 1. The quantitative estimate of drug-likeness (QED) is 0.781. The van der Waals surface area contributed by atoms with Gasteiger partial charge in [-0.1, -0.05) is 48.5 Å². The predicted octanol–water partition coefficient (Wildman–Crippen LogP) is 2.84. The largest absolute Gasteiger partial charge is 0.467 e. The Morgan fingerprint density at radius 2 is 1.69 bits per heavy atom. The molecule has 5 heteroatoms. The van der Waals surface area contributed by atoms with Crippen LogP contribution in [0.3, 0.4) is 0 Å². The maximum absolute atomic E-state index is 12.5. The first-order valence-electron chi connectivity index (χ1n) is 9.00. The maximum atomic E-state index is 12.5. The number of aliphatic hydroxyl groups is 1. The number of nitrogens with one attached hydrogen (secondary N) is 1. The third kappa shape index (κ3) is 4.23. The fraction of sp³-hybridized carbons (Fsp3) is 0.381. The van der Waals surface area contributed by atoms with E-state index < -0.39 is 11.6 Å². The number of benzene rings is 2. The summed E-state index contributed by atoms with van der Waals surface area (Å²) in [6, 6.07) is 19.4. The lowest BCUT2D eigenvalue weighted by Crippen LogP contribution is -2.55. The molecule has 138 valence electrons. The second kappa shape index (κ2) is 8.34. The van der Waals surface area contributed by atoms with Gasteiger partial charge in [-0.25, -0.2) is 4.79 Å². The van der Waals surface area contributed by atoms with Gasteiger partial charge in [-0.15, -0.1) is 0 Å². The zero-order chi connectivity index (χ0) is 18.4. The van der Waals surface area contributed by atoms with Crippen LogP contribution >= 0.6 is 0 Å². The number of hydrogen-bond acceptors (Lipinski definition) is 5. The molecule has 0 amide bonds. The maximum Gasteiger partial charge on any atom is 0.331 e. The number of hydrogen-bond donors (Lipinski definition) is 2. The highest BCUT2D eigenvalue weighted by atomic mass is 16.5. The van der Waals surface area contributed by atoms with E-state index in [1.165, 1.54) is 7.11 Å². The highest BCUT2D eigenvalue weighted by Crippen LogP contribution is 2.29. The molecule has 0 aromatic heterocycles. The van der Waals surface area contributed by atoms with E-state index >= 15 is 0 Å². The Labute approximate surface area is 154 Å². The van der Waals surface area contributed by atoms with Gasteiger partial charge in [0.05, 0.1) is 13.2 Å². The summed E-state index contributed by atoms with van der Waals surface area (Å²) in [5.74, 6) is -0.232. The van der Waals surface area contributed by atoms with Gasteiger partial charge < -0.3 is 20.1 Å². The lowest BCUT2D eigenvalue weighted by Gasteiger charge is -2.41. The number of piperidine rings is 1. The smallest absolute Gasteiger partial charge is 0.331 e. The third-order valence-corrected chi connectivity index (χ3v) is 5.06. The van der Waals surface area contributed by atoms with Gasteiger partial charge in [0.1, 0.15) is 5.54 Å². The van der Waals surface area contributed by atoms with Crippen molar-refractivity contribution < 1.29 is 14.6 Å². The number of likely N-dealkylation sites (tertiary alicyclic amines) is 1. The zero-order valence-electron chi connectivity index (χ0n) is 15.1. The first kappa shape index (κ1) is 18.4. The molecule has 2 aromatic carbocycles. The Balaban J connectivity index is 1.64. The summed E-state index contributed by atoms with van der Waals surface area (Å²) in [6.07, 6.45) is 0.746.